The molecule has 6 rings (SSSR count). The first-order valence-electron chi connectivity index (χ1n) is 11.3. The van der Waals surface area contributed by atoms with Crippen molar-refractivity contribution in [2.24, 2.45) is 0 Å². The average molecular weight is 434 g/mol. The molecule has 3 aromatic rings. The first-order chi connectivity index (χ1) is 15.4. The van der Waals surface area contributed by atoms with Gasteiger partial charge in [0.2, 0.25) is 5.71 Å². The molecule has 3 aromatic heterocycles. The molecule has 0 unspecified atom stereocenters. The summed E-state index contributed by atoms with van der Waals surface area (Å²) < 4.78 is 5.87. The molecule has 9 nitrogen and oxygen atoms in total. The van der Waals surface area contributed by atoms with E-state index in [0.29, 0.717) is 47.4 Å². The number of hydrogen-bond acceptors (Lipinski definition) is 8. The van der Waals surface area contributed by atoms with Crippen molar-refractivity contribution in [2.75, 3.05) is 23.8 Å². The van der Waals surface area contributed by atoms with Gasteiger partial charge in [0.05, 0.1) is 23.2 Å². The molecule has 0 bridgehead atoms. The number of furan rings is 1. The fourth-order valence-corrected chi connectivity index (χ4v) is 4.60. The number of hydrogen-bond donors (Lipinski definition) is 1. The summed E-state index contributed by atoms with van der Waals surface area (Å²) in [4.78, 5) is 35.6. The molecule has 1 amide bonds. The third kappa shape index (κ3) is 3.18. The van der Waals surface area contributed by atoms with E-state index in [1.165, 1.54) is 19.2 Å². The fraction of sp³-hybridized carbons (Fsp3) is 0.522. The van der Waals surface area contributed by atoms with Gasteiger partial charge in [0.25, 0.3) is 5.91 Å². The van der Waals surface area contributed by atoms with Gasteiger partial charge in [0.1, 0.15) is 30.1 Å². The summed E-state index contributed by atoms with van der Waals surface area (Å²) in [6.07, 6.45) is 8.43. The minimum Gasteiger partial charge on any atom is -0.442 e. The van der Waals surface area contributed by atoms with Crippen LogP contribution in [0.1, 0.15) is 60.0 Å². The van der Waals surface area contributed by atoms with Crippen LogP contribution in [0.5, 0.6) is 0 Å². The van der Waals surface area contributed by atoms with Crippen LogP contribution in [0.25, 0.3) is 11.1 Å². The number of rotatable bonds is 5. The van der Waals surface area contributed by atoms with E-state index in [1.807, 2.05) is 11.8 Å². The highest BCUT2D eigenvalue weighted by Gasteiger charge is 2.39. The van der Waals surface area contributed by atoms with Gasteiger partial charge in [-0.1, -0.05) is 0 Å². The Kier molecular flexibility index (Phi) is 4.18. The van der Waals surface area contributed by atoms with E-state index in [1.54, 1.807) is 6.33 Å². The minimum atomic E-state index is -0.0681. The molecule has 32 heavy (non-hydrogen) atoms. The molecule has 0 aromatic carbocycles. The number of fused-ring (bicyclic) bond motifs is 2. The fourth-order valence-electron chi connectivity index (χ4n) is 4.60. The zero-order chi connectivity index (χ0) is 22.0. The molecule has 9 heteroatoms. The van der Waals surface area contributed by atoms with E-state index in [9.17, 15) is 4.79 Å². The zero-order valence-electron chi connectivity index (χ0n) is 18.7. The molecule has 2 saturated carbocycles. The van der Waals surface area contributed by atoms with Crippen LogP contribution in [0, 0.1) is 6.92 Å². The Bertz CT molecular complexity index is 1230. The molecule has 0 saturated heterocycles. The van der Waals surface area contributed by atoms with Gasteiger partial charge in [-0.3, -0.25) is 4.79 Å². The van der Waals surface area contributed by atoms with Gasteiger partial charge >= 0.3 is 0 Å². The van der Waals surface area contributed by atoms with Crippen molar-refractivity contribution in [1.29, 1.82) is 0 Å². The van der Waals surface area contributed by atoms with E-state index in [-0.39, 0.29) is 11.4 Å². The summed E-state index contributed by atoms with van der Waals surface area (Å²) in [6, 6.07) is 0.577. The molecule has 0 spiro atoms. The first-order valence-corrected chi connectivity index (χ1v) is 11.3. The highest BCUT2D eigenvalue weighted by molar-refractivity contribution is 6.10. The molecular formula is C23H27N7O2. The number of aromatic nitrogens is 4. The summed E-state index contributed by atoms with van der Waals surface area (Å²) in [7, 11) is 2.10. The third-order valence-electron chi connectivity index (χ3n) is 7.00. The summed E-state index contributed by atoms with van der Waals surface area (Å²) in [5.74, 6) is 2.17. The Balaban J connectivity index is 1.33. The van der Waals surface area contributed by atoms with Crippen molar-refractivity contribution >= 4 is 28.6 Å². The van der Waals surface area contributed by atoms with Gasteiger partial charge in [-0.2, -0.15) is 0 Å². The Morgan fingerprint density at radius 1 is 1.22 bits per heavy atom. The van der Waals surface area contributed by atoms with Crippen LogP contribution in [0.4, 0.5) is 11.6 Å². The molecule has 2 fully saturated rings. The maximum absolute atomic E-state index is 13.7. The maximum atomic E-state index is 13.7. The molecule has 1 aliphatic heterocycles. The van der Waals surface area contributed by atoms with Crippen LogP contribution in [0.2, 0.25) is 0 Å². The average Bonchev–Trinajstić information content (AvgIpc) is 3.71. The number of carbonyl (C=O) groups is 1. The van der Waals surface area contributed by atoms with E-state index < -0.39 is 0 Å². The van der Waals surface area contributed by atoms with Gasteiger partial charge in [0.15, 0.2) is 0 Å². The summed E-state index contributed by atoms with van der Waals surface area (Å²) in [5.41, 5.74) is 3.10. The highest BCUT2D eigenvalue weighted by Crippen LogP contribution is 2.40. The van der Waals surface area contributed by atoms with E-state index in [0.717, 1.165) is 36.3 Å². The topological polar surface area (TPSA) is 100 Å². The third-order valence-corrected chi connectivity index (χ3v) is 7.00. The molecule has 4 heterocycles. The van der Waals surface area contributed by atoms with Crippen LogP contribution in [0.3, 0.4) is 0 Å². The second-order valence-corrected chi connectivity index (χ2v) is 9.56. The lowest BCUT2D eigenvalue weighted by atomic mass is 10.0. The molecular weight excluding hydrogens is 406 g/mol. The number of nitrogens with one attached hydrogen (secondary N) is 1. The van der Waals surface area contributed by atoms with E-state index in [2.05, 4.69) is 44.1 Å². The molecule has 0 radical (unpaired) electrons. The van der Waals surface area contributed by atoms with Crippen LogP contribution < -0.4 is 10.2 Å². The van der Waals surface area contributed by atoms with Crippen molar-refractivity contribution in [1.82, 2.24) is 24.8 Å². The van der Waals surface area contributed by atoms with E-state index >= 15 is 0 Å². The quantitative estimate of drug-likeness (QED) is 0.655. The monoisotopic (exact) mass is 433 g/mol. The highest BCUT2D eigenvalue weighted by atomic mass is 16.3. The van der Waals surface area contributed by atoms with Gasteiger partial charge in [0, 0.05) is 30.7 Å². The predicted molar refractivity (Wildman–Crippen MR) is 120 cm³/mol. The summed E-state index contributed by atoms with van der Waals surface area (Å²) in [5, 5.41) is 4.16. The largest absolute Gasteiger partial charge is 0.442 e. The van der Waals surface area contributed by atoms with Crippen molar-refractivity contribution in [3.8, 4) is 0 Å². The van der Waals surface area contributed by atoms with Gasteiger partial charge in [-0.25, -0.2) is 19.9 Å². The number of aryl methyl sites for hydroxylation is 1. The molecule has 166 valence electrons. The first kappa shape index (κ1) is 19.5. The van der Waals surface area contributed by atoms with Crippen LogP contribution in [0.15, 0.2) is 17.1 Å². The smallest absolute Gasteiger partial charge is 0.258 e. The van der Waals surface area contributed by atoms with Crippen molar-refractivity contribution in [3.05, 3.63) is 35.2 Å². The number of nitrogens with zero attached hydrogens (tertiary/aromatic N) is 6. The van der Waals surface area contributed by atoms with E-state index in [4.69, 9.17) is 4.42 Å². The van der Waals surface area contributed by atoms with Gasteiger partial charge < -0.3 is 19.5 Å². The lowest BCUT2D eigenvalue weighted by Gasteiger charge is -2.31. The second kappa shape index (κ2) is 6.88. The zero-order valence-corrected chi connectivity index (χ0v) is 18.7. The molecule has 2 aliphatic carbocycles. The van der Waals surface area contributed by atoms with Crippen LogP contribution >= 0.6 is 0 Å². The lowest BCUT2D eigenvalue weighted by molar-refractivity contribution is 0.0731. The molecule has 3 aliphatic rings. The normalized spacial score (nSPS) is 19.0. The predicted octanol–water partition coefficient (Wildman–Crippen LogP) is 3.08. The van der Waals surface area contributed by atoms with Gasteiger partial charge in [-0.15, -0.1) is 0 Å². The number of carbonyl (C=O) groups excluding carboxylic acids is 1. The van der Waals surface area contributed by atoms with Crippen LogP contribution in [-0.4, -0.2) is 55.9 Å². The Hall–Kier alpha value is -3.23. The van der Waals surface area contributed by atoms with Gasteiger partial charge in [-0.05, 0) is 46.0 Å². The standard InChI is InChI=1S/C23H27N7O2/c1-13-17(18-19(28-23(2)7-8-23)25-12-27-21(18)32-13)22(31)30-9-6-15-16(10-30)24-11-26-20(15)29(3)14-4-5-14/h11-12,14H,4-10H2,1-3H3,(H,25,27,28). The van der Waals surface area contributed by atoms with Crippen molar-refractivity contribution < 1.29 is 9.21 Å². The molecule has 0 atom stereocenters. The molecule has 1 N–H and O–H groups in total. The van der Waals surface area contributed by atoms with Crippen molar-refractivity contribution in [2.45, 2.75) is 64.1 Å². The lowest BCUT2D eigenvalue weighted by Crippen LogP contribution is -2.38. The SMILES string of the molecule is Cc1oc2ncnc(NC3(C)CC3)c2c1C(=O)N1CCc2c(ncnc2N(C)C2CC2)C1. The maximum Gasteiger partial charge on any atom is 0.258 e. The number of amides is 1. The van der Waals surface area contributed by atoms with Crippen molar-refractivity contribution in [3.63, 3.8) is 0 Å². The van der Waals surface area contributed by atoms with Crippen LogP contribution in [-0.2, 0) is 13.0 Å². The minimum absolute atomic E-state index is 0.0255. The summed E-state index contributed by atoms with van der Waals surface area (Å²) >= 11 is 0. The summed E-state index contributed by atoms with van der Waals surface area (Å²) in [6.45, 7) is 5.06. The Morgan fingerprint density at radius 3 is 2.75 bits per heavy atom. The number of anilines is 2. The Labute approximate surface area is 186 Å². The second-order valence-electron chi connectivity index (χ2n) is 9.56. The Morgan fingerprint density at radius 2 is 2.00 bits per heavy atom.